The van der Waals surface area contributed by atoms with Crippen LogP contribution in [0.2, 0.25) is 0 Å². The molecule has 0 spiro atoms. The van der Waals surface area contributed by atoms with Crippen molar-refractivity contribution in [3.05, 3.63) is 29.8 Å². The SMILES string of the molecule is C[C@@H](Cl)C(=O)Nc1cc(F)cc(F)c1. The summed E-state index contributed by atoms with van der Waals surface area (Å²) in [5.74, 6) is -2.00. The van der Waals surface area contributed by atoms with Crippen molar-refractivity contribution in [3.63, 3.8) is 0 Å². The maximum atomic E-state index is 12.7. The fourth-order valence-electron chi connectivity index (χ4n) is 0.868. The highest BCUT2D eigenvalue weighted by Gasteiger charge is 2.10. The van der Waals surface area contributed by atoms with E-state index in [1.165, 1.54) is 6.92 Å². The number of alkyl halides is 1. The second-order valence-electron chi connectivity index (χ2n) is 2.76. The number of rotatable bonds is 2. The quantitative estimate of drug-likeness (QED) is 0.761. The third-order valence-electron chi connectivity index (χ3n) is 1.49. The first-order valence-electron chi connectivity index (χ1n) is 3.90. The standard InChI is InChI=1S/C9H8ClF2NO/c1-5(10)9(14)13-8-3-6(11)2-7(12)4-8/h2-5H,1H3,(H,13,14)/t5-/m1/s1. The van der Waals surface area contributed by atoms with Crippen molar-refractivity contribution in [2.45, 2.75) is 12.3 Å². The molecule has 0 aromatic heterocycles. The van der Waals surface area contributed by atoms with Crippen molar-refractivity contribution in [2.75, 3.05) is 5.32 Å². The molecule has 0 aliphatic carbocycles. The lowest BCUT2D eigenvalue weighted by molar-refractivity contribution is -0.115. The van der Waals surface area contributed by atoms with Gasteiger partial charge in [-0.25, -0.2) is 8.78 Å². The molecule has 2 nitrogen and oxygen atoms in total. The topological polar surface area (TPSA) is 29.1 Å². The van der Waals surface area contributed by atoms with Gasteiger partial charge in [0.15, 0.2) is 0 Å². The van der Waals surface area contributed by atoms with Gasteiger partial charge >= 0.3 is 0 Å². The Bertz CT molecular complexity index is 334. The maximum absolute atomic E-state index is 12.7. The van der Waals surface area contributed by atoms with Gasteiger partial charge in [-0.15, -0.1) is 11.6 Å². The molecule has 0 bridgehead atoms. The van der Waals surface area contributed by atoms with E-state index >= 15 is 0 Å². The third kappa shape index (κ3) is 2.96. The number of carbonyl (C=O) groups is 1. The van der Waals surface area contributed by atoms with Crippen molar-refractivity contribution in [2.24, 2.45) is 0 Å². The molecule has 1 rings (SSSR count). The molecular formula is C9H8ClF2NO. The summed E-state index contributed by atoms with van der Waals surface area (Å²) in [6, 6.07) is 2.75. The molecule has 1 aromatic carbocycles. The van der Waals surface area contributed by atoms with E-state index in [-0.39, 0.29) is 5.69 Å². The van der Waals surface area contributed by atoms with E-state index < -0.39 is 22.9 Å². The van der Waals surface area contributed by atoms with Gasteiger partial charge in [0.2, 0.25) is 5.91 Å². The van der Waals surface area contributed by atoms with Crippen molar-refractivity contribution in [1.82, 2.24) is 0 Å². The summed E-state index contributed by atoms with van der Waals surface area (Å²) in [5, 5.41) is 1.52. The van der Waals surface area contributed by atoms with Gasteiger partial charge in [-0.2, -0.15) is 0 Å². The molecule has 76 valence electrons. The fraction of sp³-hybridized carbons (Fsp3) is 0.222. The number of carbonyl (C=O) groups excluding carboxylic acids is 1. The van der Waals surface area contributed by atoms with Crippen LogP contribution in [0, 0.1) is 11.6 Å². The molecule has 0 heterocycles. The molecular weight excluding hydrogens is 212 g/mol. The van der Waals surface area contributed by atoms with Crippen LogP contribution in [-0.4, -0.2) is 11.3 Å². The molecule has 0 aliphatic heterocycles. The van der Waals surface area contributed by atoms with Gasteiger partial charge in [-0.05, 0) is 19.1 Å². The molecule has 1 N–H and O–H groups in total. The average Bonchev–Trinajstić information content (AvgIpc) is 2.01. The van der Waals surface area contributed by atoms with Crippen LogP contribution in [0.3, 0.4) is 0 Å². The zero-order valence-corrected chi connectivity index (χ0v) is 8.11. The Labute approximate surface area is 84.9 Å². The Morgan fingerprint density at radius 2 is 1.86 bits per heavy atom. The van der Waals surface area contributed by atoms with Crippen LogP contribution in [0.1, 0.15) is 6.92 Å². The van der Waals surface area contributed by atoms with Crippen molar-refractivity contribution in [1.29, 1.82) is 0 Å². The van der Waals surface area contributed by atoms with Gasteiger partial charge in [0.1, 0.15) is 17.0 Å². The zero-order valence-electron chi connectivity index (χ0n) is 7.35. The predicted molar refractivity (Wildman–Crippen MR) is 50.3 cm³/mol. The summed E-state index contributed by atoms with van der Waals surface area (Å²) in [4.78, 5) is 11.0. The highest BCUT2D eigenvalue weighted by Crippen LogP contribution is 2.13. The monoisotopic (exact) mass is 219 g/mol. The molecule has 14 heavy (non-hydrogen) atoms. The van der Waals surface area contributed by atoms with Crippen LogP contribution in [-0.2, 0) is 4.79 Å². The Balaban J connectivity index is 2.82. The number of nitrogens with one attached hydrogen (secondary N) is 1. The first-order chi connectivity index (χ1) is 6.49. The van der Waals surface area contributed by atoms with Gasteiger partial charge in [0.25, 0.3) is 0 Å². The summed E-state index contributed by atoms with van der Waals surface area (Å²) in [6.07, 6.45) is 0. The average molecular weight is 220 g/mol. The fourth-order valence-corrected chi connectivity index (χ4v) is 0.922. The molecule has 1 amide bonds. The Kier molecular flexibility index (Phi) is 3.41. The van der Waals surface area contributed by atoms with Crippen LogP contribution < -0.4 is 5.32 Å². The van der Waals surface area contributed by atoms with E-state index in [0.717, 1.165) is 18.2 Å². The molecule has 0 unspecified atom stereocenters. The van der Waals surface area contributed by atoms with Crippen LogP contribution in [0.25, 0.3) is 0 Å². The number of benzene rings is 1. The summed E-state index contributed by atoms with van der Waals surface area (Å²) >= 11 is 5.46. The second-order valence-corrected chi connectivity index (χ2v) is 3.42. The van der Waals surface area contributed by atoms with Gasteiger partial charge in [-0.3, -0.25) is 4.79 Å². The van der Waals surface area contributed by atoms with E-state index in [1.807, 2.05) is 0 Å². The minimum Gasteiger partial charge on any atom is -0.325 e. The molecule has 5 heteroatoms. The van der Waals surface area contributed by atoms with Crippen LogP contribution >= 0.6 is 11.6 Å². The number of halogens is 3. The third-order valence-corrected chi connectivity index (χ3v) is 1.69. The normalized spacial score (nSPS) is 12.3. The van der Waals surface area contributed by atoms with Gasteiger partial charge in [-0.1, -0.05) is 0 Å². The lowest BCUT2D eigenvalue weighted by atomic mass is 10.3. The zero-order chi connectivity index (χ0) is 10.7. The van der Waals surface area contributed by atoms with Crippen molar-refractivity contribution in [3.8, 4) is 0 Å². The highest BCUT2D eigenvalue weighted by molar-refractivity contribution is 6.32. The number of hydrogen-bond donors (Lipinski definition) is 1. The minimum absolute atomic E-state index is 0.0556. The smallest absolute Gasteiger partial charge is 0.242 e. The summed E-state index contributed by atoms with van der Waals surface area (Å²) in [6.45, 7) is 1.46. The Morgan fingerprint density at radius 1 is 1.36 bits per heavy atom. The van der Waals surface area contributed by atoms with E-state index in [4.69, 9.17) is 11.6 Å². The van der Waals surface area contributed by atoms with Crippen molar-refractivity contribution >= 4 is 23.2 Å². The van der Waals surface area contributed by atoms with Crippen molar-refractivity contribution < 1.29 is 13.6 Å². The molecule has 1 atom stereocenters. The minimum atomic E-state index is -0.749. The van der Waals surface area contributed by atoms with E-state index in [1.54, 1.807) is 0 Å². The van der Waals surface area contributed by atoms with Gasteiger partial charge < -0.3 is 5.32 Å². The van der Waals surface area contributed by atoms with Crippen LogP contribution in [0.4, 0.5) is 14.5 Å². The molecule has 0 fully saturated rings. The molecule has 0 saturated heterocycles. The molecule has 0 radical (unpaired) electrons. The van der Waals surface area contributed by atoms with E-state index in [2.05, 4.69) is 5.32 Å². The number of amides is 1. The van der Waals surface area contributed by atoms with E-state index in [9.17, 15) is 13.6 Å². The molecule has 0 aliphatic rings. The predicted octanol–water partition coefficient (Wildman–Crippen LogP) is 2.53. The van der Waals surface area contributed by atoms with Gasteiger partial charge in [0, 0.05) is 11.8 Å². The first kappa shape index (κ1) is 10.9. The Hall–Kier alpha value is -1.16. The summed E-state index contributed by atoms with van der Waals surface area (Å²) < 4.78 is 25.3. The second kappa shape index (κ2) is 4.37. The van der Waals surface area contributed by atoms with Crippen LogP contribution in [0.15, 0.2) is 18.2 Å². The molecule has 0 saturated carbocycles. The summed E-state index contributed by atoms with van der Waals surface area (Å²) in [5.41, 5.74) is 0.0556. The van der Waals surface area contributed by atoms with Gasteiger partial charge in [0.05, 0.1) is 0 Å². The Morgan fingerprint density at radius 3 is 2.29 bits per heavy atom. The van der Waals surface area contributed by atoms with E-state index in [0.29, 0.717) is 0 Å². The highest BCUT2D eigenvalue weighted by atomic mass is 35.5. The first-order valence-corrected chi connectivity index (χ1v) is 4.33. The lowest BCUT2D eigenvalue weighted by Crippen LogP contribution is -2.20. The number of anilines is 1. The largest absolute Gasteiger partial charge is 0.325 e. The maximum Gasteiger partial charge on any atom is 0.242 e. The number of hydrogen-bond acceptors (Lipinski definition) is 1. The molecule has 1 aromatic rings. The van der Waals surface area contributed by atoms with Crippen LogP contribution in [0.5, 0.6) is 0 Å². The summed E-state index contributed by atoms with van der Waals surface area (Å²) in [7, 11) is 0. The lowest BCUT2D eigenvalue weighted by Gasteiger charge is -2.06.